The largest absolute Gasteiger partial charge is 0.321 e. The molecule has 1 aromatic heterocycles. The average molecular weight is 421 g/mol. The highest BCUT2D eigenvalue weighted by Crippen LogP contribution is 2.20. The topological polar surface area (TPSA) is 88.2 Å². The number of benzene rings is 2. The SMILES string of the molecule is O=C(Nc1cccnc1)c1cccc(CNS(=O)(=O)c2ccc(F)c(F)c2F)c1. The predicted octanol–water partition coefficient (Wildman–Crippen LogP) is 3.23. The van der Waals surface area contributed by atoms with E-state index in [4.69, 9.17) is 0 Å². The molecule has 0 radical (unpaired) electrons. The molecule has 0 atom stereocenters. The highest BCUT2D eigenvalue weighted by atomic mass is 32.2. The van der Waals surface area contributed by atoms with Crippen LogP contribution in [0, 0.1) is 17.5 Å². The Morgan fingerprint density at radius 3 is 2.52 bits per heavy atom. The molecular formula is C19H14F3N3O3S. The molecule has 0 saturated heterocycles. The number of nitrogens with one attached hydrogen (secondary N) is 2. The van der Waals surface area contributed by atoms with Crippen molar-refractivity contribution in [1.29, 1.82) is 0 Å². The second-order valence-electron chi connectivity index (χ2n) is 5.89. The van der Waals surface area contributed by atoms with Gasteiger partial charge in [-0.2, -0.15) is 0 Å². The van der Waals surface area contributed by atoms with E-state index in [1.165, 1.54) is 18.3 Å². The van der Waals surface area contributed by atoms with Crippen LogP contribution >= 0.6 is 0 Å². The first-order chi connectivity index (χ1) is 13.8. The van der Waals surface area contributed by atoms with Gasteiger partial charge in [0.25, 0.3) is 5.91 Å². The van der Waals surface area contributed by atoms with Crippen molar-refractivity contribution in [3.8, 4) is 0 Å². The molecule has 0 fully saturated rings. The number of anilines is 1. The Balaban J connectivity index is 1.74. The number of amides is 1. The van der Waals surface area contributed by atoms with E-state index in [1.807, 2.05) is 0 Å². The van der Waals surface area contributed by atoms with E-state index in [2.05, 4.69) is 15.0 Å². The summed E-state index contributed by atoms with van der Waals surface area (Å²) in [4.78, 5) is 15.2. The zero-order valence-electron chi connectivity index (χ0n) is 14.7. The number of sulfonamides is 1. The summed E-state index contributed by atoms with van der Waals surface area (Å²) in [7, 11) is -4.45. The summed E-state index contributed by atoms with van der Waals surface area (Å²) < 4.78 is 66.6. The van der Waals surface area contributed by atoms with Gasteiger partial charge in [-0.05, 0) is 42.0 Å². The van der Waals surface area contributed by atoms with Crippen LogP contribution < -0.4 is 10.0 Å². The first-order valence-electron chi connectivity index (χ1n) is 8.21. The van der Waals surface area contributed by atoms with Crippen LogP contribution in [0.4, 0.5) is 18.9 Å². The number of carbonyl (C=O) groups excluding carboxylic acids is 1. The Bertz CT molecular complexity index is 1160. The number of hydrogen-bond donors (Lipinski definition) is 2. The molecule has 2 N–H and O–H groups in total. The van der Waals surface area contributed by atoms with E-state index in [-0.39, 0.29) is 12.1 Å². The lowest BCUT2D eigenvalue weighted by Gasteiger charge is -2.10. The number of aromatic nitrogens is 1. The monoisotopic (exact) mass is 421 g/mol. The number of hydrogen-bond acceptors (Lipinski definition) is 4. The lowest BCUT2D eigenvalue weighted by molar-refractivity contribution is 0.102. The van der Waals surface area contributed by atoms with Crippen LogP contribution in [0.2, 0.25) is 0 Å². The van der Waals surface area contributed by atoms with Gasteiger partial charge in [-0.25, -0.2) is 26.3 Å². The molecule has 1 amide bonds. The number of rotatable bonds is 6. The van der Waals surface area contributed by atoms with Crippen LogP contribution in [0.1, 0.15) is 15.9 Å². The smallest absolute Gasteiger partial charge is 0.255 e. The molecule has 2 aromatic carbocycles. The lowest BCUT2D eigenvalue weighted by atomic mass is 10.1. The van der Waals surface area contributed by atoms with Crippen LogP contribution in [0.25, 0.3) is 0 Å². The molecular weight excluding hydrogens is 407 g/mol. The van der Waals surface area contributed by atoms with Crippen LogP contribution in [-0.4, -0.2) is 19.3 Å². The molecule has 0 aliphatic rings. The summed E-state index contributed by atoms with van der Waals surface area (Å²) in [6.07, 6.45) is 3.02. The van der Waals surface area contributed by atoms with Crippen molar-refractivity contribution in [2.45, 2.75) is 11.4 Å². The summed E-state index contributed by atoms with van der Waals surface area (Å²) in [5.41, 5.74) is 1.14. The Morgan fingerprint density at radius 2 is 1.79 bits per heavy atom. The van der Waals surface area contributed by atoms with Crippen molar-refractivity contribution in [3.63, 3.8) is 0 Å². The molecule has 0 spiro atoms. The van der Waals surface area contributed by atoms with E-state index in [9.17, 15) is 26.4 Å². The van der Waals surface area contributed by atoms with Gasteiger partial charge in [-0.1, -0.05) is 12.1 Å². The summed E-state index contributed by atoms with van der Waals surface area (Å²) in [6, 6.07) is 10.5. The second-order valence-corrected chi connectivity index (χ2v) is 7.63. The first kappa shape index (κ1) is 20.5. The van der Waals surface area contributed by atoms with Crippen LogP contribution in [0.5, 0.6) is 0 Å². The maximum atomic E-state index is 13.8. The Labute approximate surface area is 164 Å². The molecule has 29 heavy (non-hydrogen) atoms. The third kappa shape index (κ3) is 4.79. The first-order valence-corrected chi connectivity index (χ1v) is 9.70. The molecule has 3 rings (SSSR count). The molecule has 1 heterocycles. The minimum Gasteiger partial charge on any atom is -0.321 e. The van der Waals surface area contributed by atoms with Crippen molar-refractivity contribution >= 4 is 21.6 Å². The van der Waals surface area contributed by atoms with Gasteiger partial charge in [0.15, 0.2) is 17.5 Å². The minimum atomic E-state index is -4.45. The summed E-state index contributed by atoms with van der Waals surface area (Å²) >= 11 is 0. The van der Waals surface area contributed by atoms with Crippen molar-refractivity contribution in [2.24, 2.45) is 0 Å². The fourth-order valence-corrected chi connectivity index (χ4v) is 3.52. The van der Waals surface area contributed by atoms with Crippen molar-refractivity contribution in [1.82, 2.24) is 9.71 Å². The highest BCUT2D eigenvalue weighted by molar-refractivity contribution is 7.89. The van der Waals surface area contributed by atoms with E-state index >= 15 is 0 Å². The molecule has 10 heteroatoms. The van der Waals surface area contributed by atoms with Gasteiger partial charge in [0.1, 0.15) is 4.90 Å². The number of pyridine rings is 1. The zero-order valence-corrected chi connectivity index (χ0v) is 15.5. The van der Waals surface area contributed by atoms with Gasteiger partial charge in [0.05, 0.1) is 11.9 Å². The van der Waals surface area contributed by atoms with Gasteiger partial charge in [0, 0.05) is 18.3 Å². The summed E-state index contributed by atoms with van der Waals surface area (Å²) in [5, 5.41) is 2.64. The zero-order chi connectivity index (χ0) is 21.0. The van der Waals surface area contributed by atoms with E-state index in [0.717, 1.165) is 0 Å². The Kier molecular flexibility index (Phi) is 5.95. The van der Waals surface area contributed by atoms with Gasteiger partial charge in [-0.3, -0.25) is 9.78 Å². The van der Waals surface area contributed by atoms with Crippen molar-refractivity contribution < 1.29 is 26.4 Å². The molecule has 0 aliphatic heterocycles. The molecule has 150 valence electrons. The van der Waals surface area contributed by atoms with Gasteiger partial charge >= 0.3 is 0 Å². The Hall–Kier alpha value is -3.24. The standard InChI is InChI=1S/C19H14F3N3O3S/c20-15-6-7-16(18(22)17(15)21)29(27,28)24-10-12-3-1-4-13(9-12)19(26)25-14-5-2-8-23-11-14/h1-9,11,24H,10H2,(H,25,26). The van der Waals surface area contributed by atoms with Crippen LogP contribution in [0.3, 0.4) is 0 Å². The molecule has 3 aromatic rings. The maximum Gasteiger partial charge on any atom is 0.255 e. The number of nitrogens with zero attached hydrogens (tertiary/aromatic N) is 1. The van der Waals surface area contributed by atoms with Gasteiger partial charge in [0.2, 0.25) is 10.0 Å². The molecule has 0 aliphatic carbocycles. The van der Waals surface area contributed by atoms with Gasteiger partial charge in [-0.15, -0.1) is 0 Å². The van der Waals surface area contributed by atoms with E-state index in [1.54, 1.807) is 30.5 Å². The normalized spacial score (nSPS) is 11.3. The molecule has 0 saturated carbocycles. The minimum absolute atomic E-state index is 0.254. The second kappa shape index (κ2) is 8.41. The summed E-state index contributed by atoms with van der Waals surface area (Å²) in [5.74, 6) is -5.60. The third-order valence-corrected chi connectivity index (χ3v) is 5.28. The average Bonchev–Trinajstić information content (AvgIpc) is 2.71. The quantitative estimate of drug-likeness (QED) is 0.599. The third-order valence-electron chi connectivity index (χ3n) is 3.86. The molecule has 0 unspecified atom stereocenters. The van der Waals surface area contributed by atoms with Gasteiger partial charge < -0.3 is 5.32 Å². The molecule has 6 nitrogen and oxygen atoms in total. The molecule has 0 bridgehead atoms. The maximum absolute atomic E-state index is 13.8. The number of halogens is 3. The van der Waals surface area contributed by atoms with Crippen LogP contribution in [0.15, 0.2) is 65.8 Å². The van der Waals surface area contributed by atoms with E-state index in [0.29, 0.717) is 23.4 Å². The predicted molar refractivity (Wildman–Crippen MR) is 99.0 cm³/mol. The van der Waals surface area contributed by atoms with Crippen LogP contribution in [-0.2, 0) is 16.6 Å². The highest BCUT2D eigenvalue weighted by Gasteiger charge is 2.23. The number of carbonyl (C=O) groups is 1. The van der Waals surface area contributed by atoms with Crippen molar-refractivity contribution in [2.75, 3.05) is 5.32 Å². The Morgan fingerprint density at radius 1 is 1.00 bits per heavy atom. The fourth-order valence-electron chi connectivity index (χ4n) is 2.43. The lowest BCUT2D eigenvalue weighted by Crippen LogP contribution is -2.25. The fraction of sp³-hybridized carbons (Fsp3) is 0.0526. The van der Waals surface area contributed by atoms with E-state index < -0.39 is 38.3 Å². The van der Waals surface area contributed by atoms with Crippen molar-refractivity contribution in [3.05, 3.63) is 89.5 Å². The summed E-state index contributed by atoms with van der Waals surface area (Å²) in [6.45, 7) is -0.297.